The quantitative estimate of drug-likeness (QED) is 0.503. The van der Waals surface area contributed by atoms with Crippen LogP contribution in [-0.2, 0) is 15.7 Å². The Labute approximate surface area is 206 Å². The number of nitrogens with one attached hydrogen (secondary N) is 2. The molecule has 5 rings (SSSR count). The number of morpholine rings is 1. The van der Waals surface area contributed by atoms with Crippen molar-refractivity contribution in [2.24, 2.45) is 0 Å². The second-order valence-corrected chi connectivity index (χ2v) is 8.95. The standard InChI is InChI=1S/C27H24F3N3O3/c28-27(29,30)25-22(26(35)31-19-11-9-18(10-12-19)17-5-2-1-3-6-17)7-4-8-23(25)32-24(34)15-33-14-21-13-20(33)16-36-21/h1-12,20-21H,13-16H2,(H,31,35)(H,32,34)/t20-,21-/m1/s1. The molecule has 9 heteroatoms. The summed E-state index contributed by atoms with van der Waals surface area (Å²) in [5, 5.41) is 4.90. The molecule has 2 N–H and O–H groups in total. The molecule has 0 aliphatic carbocycles. The highest BCUT2D eigenvalue weighted by Gasteiger charge is 2.41. The van der Waals surface area contributed by atoms with E-state index in [4.69, 9.17) is 4.74 Å². The normalized spacial score (nSPS) is 19.3. The van der Waals surface area contributed by atoms with Gasteiger partial charge in [-0.25, -0.2) is 0 Å². The zero-order valence-electron chi connectivity index (χ0n) is 19.2. The third-order valence-corrected chi connectivity index (χ3v) is 6.48. The Balaban J connectivity index is 1.33. The lowest BCUT2D eigenvalue weighted by Crippen LogP contribution is -2.42. The molecule has 0 unspecified atom stereocenters. The van der Waals surface area contributed by atoms with Crippen LogP contribution < -0.4 is 10.6 Å². The summed E-state index contributed by atoms with van der Waals surface area (Å²) in [5.74, 6) is -1.48. The van der Waals surface area contributed by atoms with Gasteiger partial charge in [-0.1, -0.05) is 48.5 Å². The van der Waals surface area contributed by atoms with Crippen LogP contribution in [-0.4, -0.2) is 48.6 Å². The maximum atomic E-state index is 14.1. The van der Waals surface area contributed by atoms with E-state index in [-0.39, 0.29) is 18.7 Å². The lowest BCUT2D eigenvalue weighted by molar-refractivity contribution is -0.137. The average Bonchev–Trinajstić information content (AvgIpc) is 3.47. The molecule has 2 amide bonds. The maximum absolute atomic E-state index is 14.1. The van der Waals surface area contributed by atoms with Gasteiger partial charge in [0.1, 0.15) is 0 Å². The summed E-state index contributed by atoms with van der Waals surface area (Å²) in [7, 11) is 0. The van der Waals surface area contributed by atoms with Crippen LogP contribution in [0.15, 0.2) is 72.8 Å². The van der Waals surface area contributed by atoms with E-state index in [0.717, 1.165) is 29.7 Å². The van der Waals surface area contributed by atoms with Crippen molar-refractivity contribution in [1.29, 1.82) is 0 Å². The van der Waals surface area contributed by atoms with E-state index in [1.54, 1.807) is 24.3 Å². The lowest BCUT2D eigenvalue weighted by Gasteiger charge is -2.26. The summed E-state index contributed by atoms with van der Waals surface area (Å²) in [6, 6.07) is 20.1. The molecule has 2 aliphatic rings. The third kappa shape index (κ3) is 5.12. The zero-order chi connectivity index (χ0) is 25.3. The Bertz CT molecular complexity index is 1260. The number of carbonyl (C=O) groups is 2. The third-order valence-electron chi connectivity index (χ3n) is 6.48. The van der Waals surface area contributed by atoms with Gasteiger partial charge in [0.25, 0.3) is 5.91 Å². The SMILES string of the molecule is O=C(CN1C[C@H]2C[C@@H]1CO2)Nc1cccc(C(=O)Nc2ccc(-c3ccccc3)cc2)c1C(F)(F)F. The fourth-order valence-corrected chi connectivity index (χ4v) is 4.77. The van der Waals surface area contributed by atoms with Gasteiger partial charge in [-0.3, -0.25) is 14.5 Å². The van der Waals surface area contributed by atoms with E-state index in [2.05, 4.69) is 10.6 Å². The highest BCUT2D eigenvalue weighted by Crippen LogP contribution is 2.38. The largest absolute Gasteiger partial charge is 0.419 e. The first-order chi connectivity index (χ1) is 17.3. The lowest BCUT2D eigenvalue weighted by atomic mass is 10.0. The number of fused-ring (bicyclic) bond motifs is 2. The van der Waals surface area contributed by atoms with Gasteiger partial charge >= 0.3 is 6.18 Å². The first kappa shape index (κ1) is 24.0. The first-order valence-corrected chi connectivity index (χ1v) is 11.6. The molecule has 0 radical (unpaired) electrons. The highest BCUT2D eigenvalue weighted by atomic mass is 19.4. The number of rotatable bonds is 6. The van der Waals surface area contributed by atoms with Crippen LogP contribution in [0.2, 0.25) is 0 Å². The highest BCUT2D eigenvalue weighted by molar-refractivity contribution is 6.07. The molecule has 6 nitrogen and oxygen atoms in total. The molecular weight excluding hydrogens is 471 g/mol. The summed E-state index contributed by atoms with van der Waals surface area (Å²) in [5.41, 5.74) is 0.0531. The molecule has 3 aromatic carbocycles. The predicted octanol–water partition coefficient (Wildman–Crippen LogP) is 5.04. The van der Waals surface area contributed by atoms with Crippen LogP contribution in [0.4, 0.5) is 24.5 Å². The summed E-state index contributed by atoms with van der Waals surface area (Å²) in [6.45, 7) is 1.06. The van der Waals surface area contributed by atoms with E-state index in [0.29, 0.717) is 18.8 Å². The van der Waals surface area contributed by atoms with Crippen molar-refractivity contribution in [3.8, 4) is 11.1 Å². The monoisotopic (exact) mass is 495 g/mol. The molecule has 0 aromatic heterocycles. The van der Waals surface area contributed by atoms with Crippen molar-refractivity contribution < 1.29 is 27.5 Å². The number of halogens is 3. The molecule has 2 fully saturated rings. The number of anilines is 2. The number of amides is 2. The Morgan fingerprint density at radius 3 is 2.28 bits per heavy atom. The minimum Gasteiger partial charge on any atom is -0.375 e. The van der Waals surface area contributed by atoms with Crippen molar-refractivity contribution >= 4 is 23.2 Å². The topological polar surface area (TPSA) is 70.7 Å². The summed E-state index contributed by atoms with van der Waals surface area (Å²) >= 11 is 0. The molecule has 0 spiro atoms. The van der Waals surface area contributed by atoms with Gasteiger partial charge in [0, 0.05) is 18.3 Å². The second-order valence-electron chi connectivity index (χ2n) is 8.95. The van der Waals surface area contributed by atoms with Gasteiger partial charge in [-0.15, -0.1) is 0 Å². The van der Waals surface area contributed by atoms with Gasteiger partial charge in [-0.2, -0.15) is 13.2 Å². The van der Waals surface area contributed by atoms with Crippen molar-refractivity contribution in [2.45, 2.75) is 24.7 Å². The number of benzene rings is 3. The van der Waals surface area contributed by atoms with E-state index >= 15 is 0 Å². The molecule has 2 aliphatic heterocycles. The molecule has 3 aromatic rings. The number of nitrogens with zero attached hydrogens (tertiary/aromatic N) is 1. The molecule has 2 bridgehead atoms. The van der Waals surface area contributed by atoms with Gasteiger partial charge in [0.15, 0.2) is 0 Å². The number of likely N-dealkylation sites (tertiary alicyclic amines) is 1. The van der Waals surface area contributed by atoms with Crippen molar-refractivity contribution in [3.63, 3.8) is 0 Å². The second kappa shape index (κ2) is 9.75. The Kier molecular flexibility index (Phi) is 6.51. The predicted molar refractivity (Wildman–Crippen MR) is 130 cm³/mol. The molecule has 186 valence electrons. The van der Waals surface area contributed by atoms with E-state index in [1.807, 2.05) is 35.2 Å². The van der Waals surface area contributed by atoms with Crippen LogP contribution in [0.1, 0.15) is 22.3 Å². The minimum absolute atomic E-state index is 0.0357. The molecule has 36 heavy (non-hydrogen) atoms. The zero-order valence-corrected chi connectivity index (χ0v) is 19.2. The fraction of sp³-hybridized carbons (Fsp3) is 0.259. The van der Waals surface area contributed by atoms with Crippen molar-refractivity contribution in [1.82, 2.24) is 4.90 Å². The van der Waals surface area contributed by atoms with Crippen LogP contribution in [0, 0.1) is 0 Å². The number of alkyl halides is 3. The number of hydrogen-bond acceptors (Lipinski definition) is 4. The average molecular weight is 496 g/mol. The summed E-state index contributed by atoms with van der Waals surface area (Å²) in [4.78, 5) is 27.4. The van der Waals surface area contributed by atoms with Crippen molar-refractivity contribution in [3.05, 3.63) is 83.9 Å². The Hall–Kier alpha value is -3.69. The minimum atomic E-state index is -4.85. The smallest absolute Gasteiger partial charge is 0.375 e. The van der Waals surface area contributed by atoms with E-state index in [1.165, 1.54) is 6.07 Å². The Morgan fingerprint density at radius 2 is 1.64 bits per heavy atom. The van der Waals surface area contributed by atoms with Crippen LogP contribution >= 0.6 is 0 Å². The van der Waals surface area contributed by atoms with Crippen LogP contribution in [0.3, 0.4) is 0 Å². The van der Waals surface area contributed by atoms with E-state index in [9.17, 15) is 22.8 Å². The van der Waals surface area contributed by atoms with Gasteiger partial charge in [0.2, 0.25) is 5.91 Å². The Morgan fingerprint density at radius 1 is 0.917 bits per heavy atom. The van der Waals surface area contributed by atoms with Gasteiger partial charge in [0.05, 0.1) is 36.1 Å². The van der Waals surface area contributed by atoms with Crippen LogP contribution in [0.25, 0.3) is 11.1 Å². The van der Waals surface area contributed by atoms with E-state index < -0.39 is 34.8 Å². The van der Waals surface area contributed by atoms with Gasteiger partial charge in [-0.05, 0) is 41.8 Å². The molecule has 2 saturated heterocycles. The number of carbonyl (C=O) groups excluding carboxylic acids is 2. The first-order valence-electron chi connectivity index (χ1n) is 11.6. The maximum Gasteiger partial charge on any atom is 0.419 e. The molecular formula is C27H24F3N3O3. The fourth-order valence-electron chi connectivity index (χ4n) is 4.77. The molecule has 0 saturated carbocycles. The van der Waals surface area contributed by atoms with Gasteiger partial charge < -0.3 is 15.4 Å². The number of ether oxygens (including phenoxy) is 1. The summed E-state index contributed by atoms with van der Waals surface area (Å²) in [6.07, 6.45) is -3.96. The van der Waals surface area contributed by atoms with Crippen LogP contribution in [0.5, 0.6) is 0 Å². The molecule has 2 heterocycles. The summed E-state index contributed by atoms with van der Waals surface area (Å²) < 4.78 is 47.7. The number of hydrogen-bond donors (Lipinski definition) is 2. The van der Waals surface area contributed by atoms with Crippen molar-refractivity contribution in [2.75, 3.05) is 30.3 Å². The molecule has 2 atom stereocenters.